The van der Waals surface area contributed by atoms with Crippen molar-refractivity contribution < 1.29 is 19.8 Å². The minimum Gasteiger partial charge on any atom is -0.465 e. The van der Waals surface area contributed by atoms with Gasteiger partial charge in [0.05, 0.1) is 17.8 Å². The Morgan fingerprint density at radius 3 is 2.15 bits per heavy atom. The number of amides is 2. The number of nitrogens with two attached hydrogens (primary N) is 1. The SMILES string of the molecule is Cc1ccc(-c2ccc(C[C@H](NC(=O)[C@@H](N(C)C(=O)O)C(C)(C)C)[C@@H](O)C[C@@H](N)Cc3ccccc3)cc2)nc1. The number of nitrogens with zero attached hydrogens (tertiary/aromatic N) is 2. The van der Waals surface area contributed by atoms with Gasteiger partial charge in [-0.1, -0.05) is 81.4 Å². The third kappa shape index (κ3) is 8.63. The number of aromatic nitrogens is 1. The smallest absolute Gasteiger partial charge is 0.407 e. The lowest BCUT2D eigenvalue weighted by Crippen LogP contribution is -2.58. The number of rotatable bonds is 11. The predicted molar refractivity (Wildman–Crippen MR) is 158 cm³/mol. The number of hydrogen-bond acceptors (Lipinski definition) is 5. The molecule has 40 heavy (non-hydrogen) atoms. The number of carboxylic acid groups (broad SMARTS) is 1. The van der Waals surface area contributed by atoms with Crippen LogP contribution < -0.4 is 11.1 Å². The van der Waals surface area contributed by atoms with Crippen LogP contribution in [0.15, 0.2) is 72.9 Å². The Hall–Kier alpha value is -3.75. The van der Waals surface area contributed by atoms with Crippen LogP contribution in [-0.2, 0) is 17.6 Å². The summed E-state index contributed by atoms with van der Waals surface area (Å²) in [6.45, 7) is 7.44. The maximum absolute atomic E-state index is 13.5. The molecule has 0 aliphatic rings. The molecule has 3 aromatic rings. The van der Waals surface area contributed by atoms with Crippen LogP contribution in [0.2, 0.25) is 0 Å². The first-order chi connectivity index (χ1) is 18.8. The van der Waals surface area contributed by atoms with Crippen molar-refractivity contribution in [2.75, 3.05) is 7.05 Å². The Morgan fingerprint density at radius 1 is 0.975 bits per heavy atom. The molecular weight excluding hydrogens is 504 g/mol. The molecule has 0 saturated heterocycles. The highest BCUT2D eigenvalue weighted by atomic mass is 16.4. The van der Waals surface area contributed by atoms with Crippen molar-refractivity contribution in [2.24, 2.45) is 11.1 Å². The topological polar surface area (TPSA) is 129 Å². The zero-order valence-electron chi connectivity index (χ0n) is 24.0. The standard InChI is InChI=1S/C32H42N4O4/c1-21-11-16-26(34-20-21)24-14-12-23(13-15-24)18-27(28(37)19-25(33)17-22-9-7-6-8-10-22)35-30(38)29(32(2,3)4)36(5)31(39)40/h6-16,20,25,27-29,37H,17-19,33H2,1-5H3,(H,35,38)(H,39,40)/t25-,27-,28-,29+/m0/s1. The maximum Gasteiger partial charge on any atom is 0.407 e. The third-order valence-corrected chi connectivity index (χ3v) is 7.05. The van der Waals surface area contributed by atoms with Gasteiger partial charge < -0.3 is 21.3 Å². The van der Waals surface area contributed by atoms with Gasteiger partial charge in [-0.25, -0.2) is 4.79 Å². The summed E-state index contributed by atoms with van der Waals surface area (Å²) in [5, 5.41) is 23.9. The van der Waals surface area contributed by atoms with Crippen LogP contribution in [0.25, 0.3) is 11.3 Å². The Kier molecular flexibility index (Phi) is 10.4. The monoisotopic (exact) mass is 546 g/mol. The summed E-state index contributed by atoms with van der Waals surface area (Å²) >= 11 is 0. The largest absolute Gasteiger partial charge is 0.465 e. The van der Waals surface area contributed by atoms with Crippen LogP contribution in [0.3, 0.4) is 0 Å². The molecule has 4 atom stereocenters. The zero-order valence-corrected chi connectivity index (χ0v) is 24.0. The highest BCUT2D eigenvalue weighted by molar-refractivity contribution is 5.86. The van der Waals surface area contributed by atoms with E-state index in [9.17, 15) is 19.8 Å². The van der Waals surface area contributed by atoms with E-state index in [0.717, 1.165) is 32.8 Å². The van der Waals surface area contributed by atoms with E-state index in [2.05, 4.69) is 10.3 Å². The van der Waals surface area contributed by atoms with Gasteiger partial charge in [-0.05, 0) is 54.4 Å². The number of hydrogen-bond donors (Lipinski definition) is 4. The van der Waals surface area contributed by atoms with E-state index in [1.165, 1.54) is 7.05 Å². The van der Waals surface area contributed by atoms with E-state index >= 15 is 0 Å². The molecule has 1 heterocycles. The summed E-state index contributed by atoms with van der Waals surface area (Å²) in [6, 6.07) is 19.7. The zero-order chi connectivity index (χ0) is 29.4. The van der Waals surface area contributed by atoms with E-state index in [1.807, 2.05) is 101 Å². The van der Waals surface area contributed by atoms with Crippen molar-refractivity contribution in [2.45, 2.75) is 71.2 Å². The second kappa shape index (κ2) is 13.5. The van der Waals surface area contributed by atoms with Crippen LogP contribution in [0.4, 0.5) is 4.79 Å². The number of aliphatic hydroxyl groups is 1. The van der Waals surface area contributed by atoms with Gasteiger partial charge in [-0.3, -0.25) is 14.7 Å². The lowest BCUT2D eigenvalue weighted by Gasteiger charge is -2.37. The van der Waals surface area contributed by atoms with Crippen LogP contribution in [0.5, 0.6) is 0 Å². The molecule has 0 unspecified atom stereocenters. The summed E-state index contributed by atoms with van der Waals surface area (Å²) in [7, 11) is 1.39. The molecule has 5 N–H and O–H groups in total. The Bertz CT molecular complexity index is 1240. The van der Waals surface area contributed by atoms with E-state index in [4.69, 9.17) is 5.73 Å². The maximum atomic E-state index is 13.5. The van der Waals surface area contributed by atoms with Crippen LogP contribution in [0.1, 0.15) is 43.9 Å². The van der Waals surface area contributed by atoms with Crippen LogP contribution in [0, 0.1) is 12.3 Å². The second-order valence-corrected chi connectivity index (χ2v) is 11.7. The third-order valence-electron chi connectivity index (χ3n) is 7.05. The van der Waals surface area contributed by atoms with Crippen molar-refractivity contribution in [1.82, 2.24) is 15.2 Å². The first-order valence-corrected chi connectivity index (χ1v) is 13.6. The molecule has 0 radical (unpaired) electrons. The highest BCUT2D eigenvalue weighted by Gasteiger charge is 2.39. The summed E-state index contributed by atoms with van der Waals surface area (Å²) in [5.41, 5.74) is 10.6. The van der Waals surface area contributed by atoms with Gasteiger partial charge >= 0.3 is 6.09 Å². The lowest BCUT2D eigenvalue weighted by molar-refractivity contribution is -0.130. The molecule has 0 aliphatic heterocycles. The Balaban J connectivity index is 1.82. The number of benzene rings is 2. The van der Waals surface area contributed by atoms with Crippen molar-refractivity contribution in [1.29, 1.82) is 0 Å². The summed E-state index contributed by atoms with van der Waals surface area (Å²) in [5.74, 6) is -0.460. The molecule has 0 bridgehead atoms. The lowest BCUT2D eigenvalue weighted by atomic mass is 9.84. The quantitative estimate of drug-likeness (QED) is 0.282. The normalized spacial score (nSPS) is 14.6. The fourth-order valence-electron chi connectivity index (χ4n) is 4.98. The summed E-state index contributed by atoms with van der Waals surface area (Å²) in [4.78, 5) is 30.8. The highest BCUT2D eigenvalue weighted by Crippen LogP contribution is 2.25. The molecule has 2 aromatic carbocycles. The average molecular weight is 547 g/mol. The van der Waals surface area contributed by atoms with E-state index in [1.54, 1.807) is 0 Å². The van der Waals surface area contributed by atoms with Gasteiger partial charge in [-0.15, -0.1) is 0 Å². The number of likely N-dealkylation sites (N-methyl/N-ethyl adjacent to an activating group) is 1. The van der Waals surface area contributed by atoms with Crippen molar-refractivity contribution in [3.63, 3.8) is 0 Å². The molecule has 0 fully saturated rings. The number of carbonyl (C=O) groups excluding carboxylic acids is 1. The fraction of sp³-hybridized carbons (Fsp3) is 0.406. The molecule has 2 amide bonds. The van der Waals surface area contributed by atoms with Crippen molar-refractivity contribution >= 4 is 12.0 Å². The van der Waals surface area contributed by atoms with Gasteiger partial charge in [0.15, 0.2) is 0 Å². The molecule has 8 nitrogen and oxygen atoms in total. The number of carbonyl (C=O) groups is 2. The number of nitrogens with one attached hydrogen (secondary N) is 1. The molecule has 0 aliphatic carbocycles. The minimum atomic E-state index is -1.20. The summed E-state index contributed by atoms with van der Waals surface area (Å²) < 4.78 is 0. The van der Waals surface area contributed by atoms with Crippen LogP contribution in [-0.4, -0.2) is 63.4 Å². The van der Waals surface area contributed by atoms with E-state index < -0.39 is 35.6 Å². The van der Waals surface area contributed by atoms with Gasteiger partial charge in [0.1, 0.15) is 6.04 Å². The minimum absolute atomic E-state index is 0.264. The van der Waals surface area contributed by atoms with E-state index in [-0.39, 0.29) is 12.5 Å². The van der Waals surface area contributed by atoms with Gasteiger partial charge in [0.2, 0.25) is 5.91 Å². The molecule has 3 rings (SSSR count). The van der Waals surface area contributed by atoms with Crippen LogP contribution >= 0.6 is 0 Å². The van der Waals surface area contributed by atoms with Crippen molar-refractivity contribution in [3.8, 4) is 11.3 Å². The number of aliphatic hydroxyl groups excluding tert-OH is 1. The first-order valence-electron chi connectivity index (χ1n) is 13.6. The predicted octanol–water partition coefficient (Wildman–Crippen LogP) is 4.43. The molecule has 8 heteroatoms. The molecular formula is C32H42N4O4. The summed E-state index contributed by atoms with van der Waals surface area (Å²) in [6.07, 6.45) is 0.877. The van der Waals surface area contributed by atoms with Crippen molar-refractivity contribution in [3.05, 3.63) is 89.6 Å². The van der Waals surface area contributed by atoms with E-state index in [0.29, 0.717) is 12.8 Å². The van der Waals surface area contributed by atoms with Gasteiger partial charge in [-0.2, -0.15) is 0 Å². The number of aryl methyl sites for hydroxylation is 1. The molecule has 0 spiro atoms. The van der Waals surface area contributed by atoms with Gasteiger partial charge in [0, 0.05) is 24.8 Å². The molecule has 214 valence electrons. The second-order valence-electron chi connectivity index (χ2n) is 11.7. The molecule has 1 aromatic heterocycles. The van der Waals surface area contributed by atoms with Gasteiger partial charge in [0.25, 0.3) is 0 Å². The Labute approximate surface area is 237 Å². The first kappa shape index (κ1) is 30.8. The average Bonchev–Trinajstić information content (AvgIpc) is 2.89. The fourth-order valence-corrected chi connectivity index (χ4v) is 4.98. The Morgan fingerprint density at radius 2 is 1.60 bits per heavy atom. The number of pyridine rings is 1. The molecule has 0 saturated carbocycles.